The molecular formula is C16H10BrCl2F2N3O2S. The monoisotopic (exact) mass is 495 g/mol. The van der Waals surface area contributed by atoms with Crippen molar-refractivity contribution in [2.45, 2.75) is 11.4 Å². The van der Waals surface area contributed by atoms with Crippen LogP contribution in [0.15, 0.2) is 52.0 Å². The van der Waals surface area contributed by atoms with Crippen LogP contribution in [-0.2, 0) is 16.6 Å². The number of aromatic nitrogens is 2. The molecule has 0 saturated carbocycles. The zero-order valence-corrected chi connectivity index (χ0v) is 17.2. The standard InChI is InChI=1S/C16H10BrCl2F2N3O2S/c17-12-8-24(7-9-1-2-10(18)5-13(9)19)22-16(12)23-27(25,26)15-6-11(20)3-4-14(15)21/h1-6,8H,7H2,(H,22,23). The first kappa shape index (κ1) is 20.1. The van der Waals surface area contributed by atoms with Crippen molar-refractivity contribution in [2.24, 2.45) is 0 Å². The minimum Gasteiger partial charge on any atom is -0.265 e. The summed E-state index contributed by atoms with van der Waals surface area (Å²) in [6.07, 6.45) is 1.52. The lowest BCUT2D eigenvalue weighted by molar-refractivity contribution is 0.555. The molecule has 0 aliphatic rings. The van der Waals surface area contributed by atoms with Crippen molar-refractivity contribution in [1.82, 2.24) is 9.78 Å². The topological polar surface area (TPSA) is 64.0 Å². The Balaban J connectivity index is 1.87. The van der Waals surface area contributed by atoms with Gasteiger partial charge >= 0.3 is 0 Å². The van der Waals surface area contributed by atoms with Crippen LogP contribution in [0.2, 0.25) is 10.0 Å². The molecule has 5 nitrogen and oxygen atoms in total. The first-order valence-electron chi connectivity index (χ1n) is 7.30. The van der Waals surface area contributed by atoms with Gasteiger partial charge in [-0.15, -0.1) is 0 Å². The maximum Gasteiger partial charge on any atom is 0.266 e. The summed E-state index contributed by atoms with van der Waals surface area (Å²) in [5.41, 5.74) is 0.710. The third-order valence-corrected chi connectivity index (χ3v) is 6.00. The minimum atomic E-state index is -4.38. The molecule has 0 unspecified atom stereocenters. The lowest BCUT2D eigenvalue weighted by Crippen LogP contribution is -2.16. The van der Waals surface area contributed by atoms with Crippen molar-refractivity contribution in [2.75, 3.05) is 4.72 Å². The van der Waals surface area contributed by atoms with Crippen LogP contribution >= 0.6 is 39.1 Å². The Hall–Kier alpha value is -1.68. The van der Waals surface area contributed by atoms with Crippen molar-refractivity contribution in [3.05, 3.63) is 74.3 Å². The predicted octanol–water partition coefficient (Wildman–Crippen LogP) is 5.08. The number of hydrogen-bond acceptors (Lipinski definition) is 3. The largest absolute Gasteiger partial charge is 0.266 e. The van der Waals surface area contributed by atoms with Crippen LogP contribution in [0.25, 0.3) is 0 Å². The van der Waals surface area contributed by atoms with E-state index in [1.807, 2.05) is 0 Å². The van der Waals surface area contributed by atoms with Gasteiger partial charge in [0.25, 0.3) is 10.0 Å². The fourth-order valence-electron chi connectivity index (χ4n) is 2.24. The summed E-state index contributed by atoms with van der Waals surface area (Å²) in [4.78, 5) is -0.815. The molecule has 27 heavy (non-hydrogen) atoms. The highest BCUT2D eigenvalue weighted by molar-refractivity contribution is 9.10. The number of halogens is 5. The van der Waals surface area contributed by atoms with Gasteiger partial charge in [0, 0.05) is 16.2 Å². The van der Waals surface area contributed by atoms with E-state index in [0.29, 0.717) is 26.1 Å². The molecule has 11 heteroatoms. The maximum absolute atomic E-state index is 13.8. The highest BCUT2D eigenvalue weighted by Crippen LogP contribution is 2.27. The normalized spacial score (nSPS) is 11.6. The number of nitrogens with one attached hydrogen (secondary N) is 1. The van der Waals surface area contributed by atoms with Crippen LogP contribution in [-0.4, -0.2) is 18.2 Å². The van der Waals surface area contributed by atoms with E-state index in [9.17, 15) is 17.2 Å². The van der Waals surface area contributed by atoms with Crippen LogP contribution in [0.5, 0.6) is 0 Å². The second-order valence-electron chi connectivity index (χ2n) is 5.44. The van der Waals surface area contributed by atoms with Gasteiger partial charge in [-0.3, -0.25) is 9.40 Å². The van der Waals surface area contributed by atoms with E-state index in [-0.39, 0.29) is 12.4 Å². The quantitative estimate of drug-likeness (QED) is 0.535. The fraction of sp³-hybridized carbons (Fsp3) is 0.0625. The molecule has 0 radical (unpaired) electrons. The Morgan fingerprint density at radius 1 is 1.15 bits per heavy atom. The molecule has 1 heterocycles. The summed E-state index contributed by atoms with van der Waals surface area (Å²) in [5, 5.41) is 5.01. The Kier molecular flexibility index (Phi) is 5.76. The summed E-state index contributed by atoms with van der Waals surface area (Å²) in [7, 11) is -4.38. The Labute approximate surface area is 172 Å². The lowest BCUT2D eigenvalue weighted by atomic mass is 10.2. The van der Waals surface area contributed by atoms with Crippen LogP contribution in [0.3, 0.4) is 0 Å². The molecule has 0 spiro atoms. The van der Waals surface area contributed by atoms with E-state index in [2.05, 4.69) is 25.8 Å². The molecule has 0 fully saturated rings. The van der Waals surface area contributed by atoms with Crippen molar-refractivity contribution < 1.29 is 17.2 Å². The fourth-order valence-corrected chi connectivity index (χ4v) is 4.36. The van der Waals surface area contributed by atoms with Gasteiger partial charge in [-0.2, -0.15) is 5.10 Å². The molecule has 142 valence electrons. The van der Waals surface area contributed by atoms with E-state index >= 15 is 0 Å². The predicted molar refractivity (Wildman–Crippen MR) is 103 cm³/mol. The molecule has 3 aromatic rings. The van der Waals surface area contributed by atoms with E-state index in [1.165, 1.54) is 10.9 Å². The summed E-state index contributed by atoms with van der Waals surface area (Å²) >= 11 is 15.2. The average molecular weight is 497 g/mol. The second kappa shape index (κ2) is 7.75. The first-order valence-corrected chi connectivity index (χ1v) is 10.3. The third-order valence-electron chi connectivity index (χ3n) is 3.48. The summed E-state index contributed by atoms with van der Waals surface area (Å²) < 4.78 is 55.7. The molecule has 0 bridgehead atoms. The smallest absolute Gasteiger partial charge is 0.265 e. The van der Waals surface area contributed by atoms with E-state index in [1.54, 1.807) is 18.2 Å². The Morgan fingerprint density at radius 3 is 2.59 bits per heavy atom. The van der Waals surface area contributed by atoms with E-state index in [4.69, 9.17) is 23.2 Å². The van der Waals surface area contributed by atoms with Gasteiger partial charge in [0.15, 0.2) is 5.82 Å². The number of benzene rings is 2. The second-order valence-corrected chi connectivity index (χ2v) is 8.79. The zero-order chi connectivity index (χ0) is 19.8. The Bertz CT molecular complexity index is 1120. The molecule has 0 aliphatic carbocycles. The average Bonchev–Trinajstić information content (AvgIpc) is 2.91. The molecule has 0 amide bonds. The van der Waals surface area contributed by atoms with Gasteiger partial charge in [-0.1, -0.05) is 29.3 Å². The van der Waals surface area contributed by atoms with Crippen molar-refractivity contribution in [3.63, 3.8) is 0 Å². The van der Waals surface area contributed by atoms with Crippen LogP contribution < -0.4 is 4.72 Å². The van der Waals surface area contributed by atoms with Gasteiger partial charge in [-0.25, -0.2) is 17.2 Å². The van der Waals surface area contributed by atoms with Gasteiger partial charge < -0.3 is 0 Å². The van der Waals surface area contributed by atoms with Gasteiger partial charge in [0.05, 0.1) is 11.0 Å². The summed E-state index contributed by atoms with van der Waals surface area (Å²) in [6, 6.07) is 7.11. The van der Waals surface area contributed by atoms with Crippen molar-refractivity contribution >= 4 is 55.0 Å². The molecule has 3 rings (SSSR count). The van der Waals surface area contributed by atoms with Crippen molar-refractivity contribution in [3.8, 4) is 0 Å². The molecule has 0 saturated heterocycles. The molecule has 1 N–H and O–H groups in total. The van der Waals surface area contributed by atoms with E-state index in [0.717, 1.165) is 12.1 Å². The zero-order valence-electron chi connectivity index (χ0n) is 13.3. The molecule has 1 aromatic heterocycles. The van der Waals surface area contributed by atoms with Crippen LogP contribution in [0.4, 0.5) is 14.6 Å². The number of sulfonamides is 1. The molecule has 0 atom stereocenters. The van der Waals surface area contributed by atoms with E-state index < -0.39 is 26.6 Å². The maximum atomic E-state index is 13.8. The molecular weight excluding hydrogens is 487 g/mol. The first-order chi connectivity index (χ1) is 12.7. The van der Waals surface area contributed by atoms with Gasteiger partial charge in [0.1, 0.15) is 16.5 Å². The van der Waals surface area contributed by atoms with Gasteiger partial charge in [0.2, 0.25) is 0 Å². The van der Waals surface area contributed by atoms with Crippen LogP contribution in [0, 0.1) is 11.6 Å². The number of nitrogens with zero attached hydrogens (tertiary/aromatic N) is 2. The summed E-state index contributed by atoms with van der Waals surface area (Å²) in [5.74, 6) is -2.03. The van der Waals surface area contributed by atoms with Gasteiger partial charge in [-0.05, 0) is 51.8 Å². The SMILES string of the molecule is O=S(=O)(Nc1nn(Cc2ccc(Cl)cc2Cl)cc1Br)c1cc(F)ccc1F. The van der Waals surface area contributed by atoms with Crippen LogP contribution in [0.1, 0.15) is 5.56 Å². The number of anilines is 1. The number of rotatable bonds is 5. The summed E-state index contributed by atoms with van der Waals surface area (Å²) in [6.45, 7) is 0.241. The minimum absolute atomic E-state index is 0.0799. The lowest BCUT2D eigenvalue weighted by Gasteiger charge is -2.07. The molecule has 2 aromatic carbocycles. The third kappa shape index (κ3) is 4.60. The highest BCUT2D eigenvalue weighted by Gasteiger charge is 2.22. The van der Waals surface area contributed by atoms with Crippen molar-refractivity contribution in [1.29, 1.82) is 0 Å². The molecule has 0 aliphatic heterocycles. The Morgan fingerprint density at radius 2 is 1.89 bits per heavy atom. The highest BCUT2D eigenvalue weighted by atomic mass is 79.9. The number of hydrogen-bond donors (Lipinski definition) is 1.